The van der Waals surface area contributed by atoms with E-state index >= 15 is 0 Å². The van der Waals surface area contributed by atoms with Gasteiger partial charge in [-0.1, -0.05) is 6.92 Å². The molecule has 2 aliphatic heterocycles. The number of hydrogen-bond donors (Lipinski definition) is 2. The van der Waals surface area contributed by atoms with Crippen molar-refractivity contribution in [2.75, 3.05) is 45.8 Å². The van der Waals surface area contributed by atoms with E-state index in [0.29, 0.717) is 17.9 Å². The van der Waals surface area contributed by atoms with Crippen LogP contribution in [0.25, 0.3) is 0 Å². The second-order valence-electron chi connectivity index (χ2n) is 7.64. The lowest BCUT2D eigenvalue weighted by Gasteiger charge is -2.35. The normalized spacial score (nSPS) is 26.6. The first-order chi connectivity index (χ1) is 11.1. The molecule has 2 unspecified atom stereocenters. The van der Waals surface area contributed by atoms with E-state index in [1.807, 2.05) is 0 Å². The first kappa shape index (κ1) is 18.5. The van der Waals surface area contributed by atoms with Crippen LogP contribution < -0.4 is 10.6 Å². The van der Waals surface area contributed by atoms with Crippen molar-refractivity contribution in [2.24, 2.45) is 11.8 Å². The van der Waals surface area contributed by atoms with Crippen LogP contribution in [0.1, 0.15) is 46.5 Å². The quantitative estimate of drug-likeness (QED) is 0.754. The highest BCUT2D eigenvalue weighted by Gasteiger charge is 2.23. The van der Waals surface area contributed by atoms with Gasteiger partial charge in [0.1, 0.15) is 0 Å². The number of likely N-dealkylation sites (tertiary alicyclic amines) is 2. The fourth-order valence-corrected chi connectivity index (χ4v) is 3.87. The molecule has 2 N–H and O–H groups in total. The van der Waals surface area contributed by atoms with E-state index in [2.05, 4.69) is 41.2 Å². The van der Waals surface area contributed by atoms with E-state index in [1.54, 1.807) is 0 Å². The topological polar surface area (TPSA) is 47.6 Å². The summed E-state index contributed by atoms with van der Waals surface area (Å²) in [7, 11) is 0. The van der Waals surface area contributed by atoms with Crippen LogP contribution in [0, 0.1) is 11.8 Å². The molecule has 0 aromatic carbocycles. The van der Waals surface area contributed by atoms with E-state index in [0.717, 1.165) is 26.2 Å². The van der Waals surface area contributed by atoms with Gasteiger partial charge in [0.15, 0.2) is 0 Å². The maximum absolute atomic E-state index is 12.0. The predicted octanol–water partition coefficient (Wildman–Crippen LogP) is 2.14. The number of urea groups is 1. The second-order valence-corrected chi connectivity index (χ2v) is 7.64. The fraction of sp³-hybridized carbons (Fsp3) is 0.944. The minimum Gasteiger partial charge on any atom is -0.338 e. The molecule has 2 heterocycles. The van der Waals surface area contributed by atoms with Gasteiger partial charge in [0.05, 0.1) is 0 Å². The molecule has 0 saturated carbocycles. The summed E-state index contributed by atoms with van der Waals surface area (Å²) in [4.78, 5) is 17.0. The molecule has 2 atom stereocenters. The molecule has 0 radical (unpaired) electrons. The summed E-state index contributed by atoms with van der Waals surface area (Å²) >= 11 is 0. The lowest BCUT2D eigenvalue weighted by molar-refractivity contribution is 0.139. The third-order valence-electron chi connectivity index (χ3n) is 5.29. The number of nitrogens with one attached hydrogen (secondary N) is 2. The van der Waals surface area contributed by atoms with Crippen molar-refractivity contribution in [1.82, 2.24) is 20.4 Å². The van der Waals surface area contributed by atoms with E-state index in [9.17, 15) is 4.79 Å². The standard InChI is InChI=1S/C18H36N4O/c1-4-8-21-10-7-17(13-21)12-20-18(23)19-11-16-6-5-9-22(14-16)15(2)3/h15-17H,4-14H2,1-3H3,(H2,19,20,23). The summed E-state index contributed by atoms with van der Waals surface area (Å²) in [5.74, 6) is 1.22. The Kier molecular flexibility index (Phi) is 7.63. The lowest BCUT2D eigenvalue weighted by Crippen LogP contribution is -2.46. The van der Waals surface area contributed by atoms with Crippen molar-refractivity contribution in [2.45, 2.75) is 52.5 Å². The largest absolute Gasteiger partial charge is 0.338 e. The van der Waals surface area contributed by atoms with E-state index in [4.69, 9.17) is 0 Å². The molecular formula is C18H36N4O. The highest BCUT2D eigenvalue weighted by molar-refractivity contribution is 5.73. The first-order valence-corrected chi connectivity index (χ1v) is 9.56. The highest BCUT2D eigenvalue weighted by atomic mass is 16.2. The molecule has 5 nitrogen and oxygen atoms in total. The van der Waals surface area contributed by atoms with Crippen molar-refractivity contribution in [1.29, 1.82) is 0 Å². The monoisotopic (exact) mass is 324 g/mol. The van der Waals surface area contributed by atoms with Crippen LogP contribution in [-0.4, -0.2) is 67.7 Å². The minimum absolute atomic E-state index is 0.0145. The molecule has 23 heavy (non-hydrogen) atoms. The Hall–Kier alpha value is -0.810. The molecule has 0 aromatic rings. The summed E-state index contributed by atoms with van der Waals surface area (Å²) in [5.41, 5.74) is 0. The van der Waals surface area contributed by atoms with Gasteiger partial charge in [-0.25, -0.2) is 4.79 Å². The Morgan fingerprint density at radius 2 is 1.78 bits per heavy atom. The molecule has 2 amide bonds. The molecule has 2 rings (SSSR count). The van der Waals surface area contributed by atoms with Gasteiger partial charge in [-0.3, -0.25) is 0 Å². The zero-order valence-corrected chi connectivity index (χ0v) is 15.3. The minimum atomic E-state index is 0.0145. The molecule has 2 fully saturated rings. The SMILES string of the molecule is CCCN1CCC(CNC(=O)NCC2CCCN(C(C)C)C2)C1. The predicted molar refractivity (Wildman–Crippen MR) is 95.7 cm³/mol. The Morgan fingerprint density at radius 1 is 1.09 bits per heavy atom. The maximum Gasteiger partial charge on any atom is 0.314 e. The molecule has 2 aliphatic rings. The van der Waals surface area contributed by atoms with Crippen molar-refractivity contribution < 1.29 is 4.79 Å². The van der Waals surface area contributed by atoms with Gasteiger partial charge in [-0.2, -0.15) is 0 Å². The number of nitrogens with zero attached hydrogens (tertiary/aromatic N) is 2. The Morgan fingerprint density at radius 3 is 2.43 bits per heavy atom. The number of rotatable bonds is 7. The van der Waals surface area contributed by atoms with Crippen molar-refractivity contribution in [3.8, 4) is 0 Å². The number of hydrogen-bond acceptors (Lipinski definition) is 3. The van der Waals surface area contributed by atoms with Crippen LogP contribution in [-0.2, 0) is 0 Å². The average molecular weight is 325 g/mol. The maximum atomic E-state index is 12.0. The smallest absolute Gasteiger partial charge is 0.314 e. The van der Waals surface area contributed by atoms with E-state index < -0.39 is 0 Å². The van der Waals surface area contributed by atoms with Gasteiger partial charge < -0.3 is 20.4 Å². The number of amides is 2. The number of carbonyl (C=O) groups is 1. The van der Waals surface area contributed by atoms with Crippen molar-refractivity contribution in [3.05, 3.63) is 0 Å². The van der Waals surface area contributed by atoms with Crippen LogP contribution in [0.15, 0.2) is 0 Å². The van der Waals surface area contributed by atoms with E-state index in [1.165, 1.54) is 45.3 Å². The Labute approximate surface area is 142 Å². The average Bonchev–Trinajstić information content (AvgIpc) is 2.99. The third-order valence-corrected chi connectivity index (χ3v) is 5.29. The van der Waals surface area contributed by atoms with Gasteiger partial charge in [0, 0.05) is 32.2 Å². The zero-order chi connectivity index (χ0) is 16.7. The Balaban J connectivity index is 1.58. The summed E-state index contributed by atoms with van der Waals surface area (Å²) in [6.07, 6.45) is 4.92. The van der Waals surface area contributed by atoms with Gasteiger partial charge in [-0.15, -0.1) is 0 Å². The highest BCUT2D eigenvalue weighted by Crippen LogP contribution is 2.18. The number of carbonyl (C=O) groups excluding carboxylic acids is 1. The molecule has 5 heteroatoms. The Bertz CT molecular complexity index is 361. The van der Waals surface area contributed by atoms with Crippen LogP contribution in [0.2, 0.25) is 0 Å². The van der Waals surface area contributed by atoms with Crippen LogP contribution in [0.5, 0.6) is 0 Å². The van der Waals surface area contributed by atoms with Gasteiger partial charge in [0.2, 0.25) is 0 Å². The second kappa shape index (κ2) is 9.48. The third kappa shape index (κ3) is 6.30. The van der Waals surface area contributed by atoms with Crippen LogP contribution in [0.3, 0.4) is 0 Å². The number of piperidine rings is 1. The first-order valence-electron chi connectivity index (χ1n) is 9.56. The van der Waals surface area contributed by atoms with Crippen molar-refractivity contribution >= 4 is 6.03 Å². The van der Waals surface area contributed by atoms with Gasteiger partial charge in [-0.05, 0) is 71.0 Å². The molecule has 0 aromatic heterocycles. The summed E-state index contributed by atoms with van der Waals surface area (Å²) in [6.45, 7) is 14.2. The van der Waals surface area contributed by atoms with Gasteiger partial charge in [0.25, 0.3) is 0 Å². The molecule has 0 bridgehead atoms. The molecule has 2 saturated heterocycles. The zero-order valence-electron chi connectivity index (χ0n) is 15.3. The fourth-order valence-electron chi connectivity index (χ4n) is 3.87. The summed E-state index contributed by atoms with van der Waals surface area (Å²) in [5, 5.41) is 6.15. The van der Waals surface area contributed by atoms with Gasteiger partial charge >= 0.3 is 6.03 Å². The summed E-state index contributed by atoms with van der Waals surface area (Å²) in [6, 6.07) is 0.626. The molecule has 0 aliphatic carbocycles. The molecule has 0 spiro atoms. The van der Waals surface area contributed by atoms with Crippen LogP contribution in [0.4, 0.5) is 4.79 Å². The molecule has 134 valence electrons. The van der Waals surface area contributed by atoms with Crippen LogP contribution >= 0.6 is 0 Å². The lowest BCUT2D eigenvalue weighted by atomic mass is 9.97. The van der Waals surface area contributed by atoms with E-state index in [-0.39, 0.29) is 6.03 Å². The van der Waals surface area contributed by atoms with Crippen molar-refractivity contribution in [3.63, 3.8) is 0 Å². The molecular weight excluding hydrogens is 288 g/mol. The summed E-state index contributed by atoms with van der Waals surface area (Å²) < 4.78 is 0.